The molecule has 0 aliphatic carbocycles. The lowest BCUT2D eigenvalue weighted by atomic mass is 10.1. The summed E-state index contributed by atoms with van der Waals surface area (Å²) in [7, 11) is 1.80. The maximum atomic E-state index is 5.28. The summed E-state index contributed by atoms with van der Waals surface area (Å²) >= 11 is 1.78. The number of nitrogens with zero attached hydrogens (tertiary/aromatic N) is 3. The quantitative estimate of drug-likeness (QED) is 0.273. The summed E-state index contributed by atoms with van der Waals surface area (Å²) in [6, 6.07) is 12.5. The molecule has 0 aliphatic heterocycles. The highest BCUT2D eigenvalue weighted by molar-refractivity contribution is 14.0. The molecule has 0 saturated heterocycles. The van der Waals surface area contributed by atoms with Crippen LogP contribution in [-0.2, 0) is 19.3 Å². The first-order valence-corrected chi connectivity index (χ1v) is 10.0. The molecule has 0 saturated carbocycles. The first kappa shape index (κ1) is 22.4. The second-order valence-corrected chi connectivity index (χ2v) is 7.10. The molecule has 28 heavy (non-hydrogen) atoms. The Labute approximate surface area is 186 Å². The van der Waals surface area contributed by atoms with Gasteiger partial charge in [-0.1, -0.05) is 30.3 Å². The van der Waals surface area contributed by atoms with Crippen LogP contribution in [0.5, 0.6) is 0 Å². The average Bonchev–Trinajstić information content (AvgIpc) is 3.39. The van der Waals surface area contributed by atoms with Crippen LogP contribution in [0.2, 0.25) is 0 Å². The third-order valence-electron chi connectivity index (χ3n) is 4.16. The van der Waals surface area contributed by atoms with E-state index < -0.39 is 0 Å². The van der Waals surface area contributed by atoms with Crippen LogP contribution in [0.15, 0.2) is 51.3 Å². The Morgan fingerprint density at radius 3 is 2.46 bits per heavy atom. The fourth-order valence-corrected chi connectivity index (χ4v) is 3.34. The largest absolute Gasteiger partial charge is 0.356 e. The zero-order valence-corrected chi connectivity index (χ0v) is 19.3. The molecule has 150 valence electrons. The molecule has 0 amide bonds. The van der Waals surface area contributed by atoms with Crippen molar-refractivity contribution in [3.63, 3.8) is 0 Å². The Morgan fingerprint density at radius 2 is 1.86 bits per heavy atom. The Hall–Kier alpha value is -1.94. The fourth-order valence-electron chi connectivity index (χ4n) is 2.63. The molecular formula is C20H26IN5OS. The monoisotopic (exact) mass is 511 g/mol. The summed E-state index contributed by atoms with van der Waals surface area (Å²) in [6.07, 6.45) is 2.70. The molecule has 0 unspecified atom stereocenters. The van der Waals surface area contributed by atoms with Crippen LogP contribution in [0.25, 0.3) is 11.5 Å². The molecule has 8 heteroatoms. The summed E-state index contributed by atoms with van der Waals surface area (Å²) in [4.78, 5) is 10.0. The summed E-state index contributed by atoms with van der Waals surface area (Å²) in [5, 5.41) is 12.7. The van der Waals surface area contributed by atoms with E-state index in [4.69, 9.17) is 4.52 Å². The predicted octanol–water partition coefficient (Wildman–Crippen LogP) is 3.93. The number of thiophene rings is 1. The lowest BCUT2D eigenvalue weighted by Gasteiger charge is -2.11. The standard InChI is InChI=1S/C20H25N5OS.HI/c1-3-18-24-19(26-25-18)16-8-6-15(7-9-16)10-12-22-20(21-2)23-13-11-17-5-4-14-27-17;/h4-9,14H,3,10-13H2,1-2H3,(H2,21,22,23);1H. The van der Waals surface area contributed by atoms with Crippen LogP contribution >= 0.6 is 35.3 Å². The number of halogens is 1. The van der Waals surface area contributed by atoms with E-state index in [0.717, 1.165) is 49.7 Å². The number of hydrogen-bond acceptors (Lipinski definition) is 5. The highest BCUT2D eigenvalue weighted by Crippen LogP contribution is 2.18. The minimum absolute atomic E-state index is 0. The number of guanidine groups is 1. The van der Waals surface area contributed by atoms with E-state index in [1.807, 2.05) is 19.1 Å². The normalized spacial score (nSPS) is 11.1. The van der Waals surface area contributed by atoms with Gasteiger partial charge in [-0.05, 0) is 42.0 Å². The van der Waals surface area contributed by atoms with Crippen LogP contribution in [0, 0.1) is 0 Å². The molecule has 0 spiro atoms. The Morgan fingerprint density at radius 1 is 1.11 bits per heavy atom. The molecule has 0 fully saturated rings. The van der Waals surface area contributed by atoms with Crippen molar-refractivity contribution in [1.82, 2.24) is 20.8 Å². The van der Waals surface area contributed by atoms with Crippen molar-refractivity contribution in [1.29, 1.82) is 0 Å². The maximum absolute atomic E-state index is 5.28. The Bertz CT molecular complexity index is 846. The zero-order chi connectivity index (χ0) is 18.9. The molecule has 6 nitrogen and oxygen atoms in total. The first-order valence-electron chi connectivity index (χ1n) is 9.17. The van der Waals surface area contributed by atoms with Crippen LogP contribution < -0.4 is 10.6 Å². The third kappa shape index (κ3) is 6.59. The molecule has 3 aromatic rings. The van der Waals surface area contributed by atoms with Gasteiger partial charge >= 0.3 is 0 Å². The first-order chi connectivity index (χ1) is 13.3. The van der Waals surface area contributed by atoms with Gasteiger partial charge < -0.3 is 15.2 Å². The van der Waals surface area contributed by atoms with Gasteiger partial charge in [0.05, 0.1) is 0 Å². The summed E-state index contributed by atoms with van der Waals surface area (Å²) < 4.78 is 5.28. The molecule has 0 bridgehead atoms. The van der Waals surface area contributed by atoms with Gasteiger partial charge in [0, 0.05) is 37.0 Å². The van der Waals surface area contributed by atoms with Gasteiger partial charge in [0.1, 0.15) is 0 Å². The van der Waals surface area contributed by atoms with Crippen molar-refractivity contribution < 1.29 is 4.52 Å². The van der Waals surface area contributed by atoms with Gasteiger partial charge in [0.2, 0.25) is 0 Å². The highest BCUT2D eigenvalue weighted by atomic mass is 127. The van der Waals surface area contributed by atoms with Crippen molar-refractivity contribution in [2.24, 2.45) is 4.99 Å². The van der Waals surface area contributed by atoms with Crippen LogP contribution in [0.4, 0.5) is 0 Å². The number of aliphatic imine (C=N–C) groups is 1. The van der Waals surface area contributed by atoms with Crippen molar-refractivity contribution in [3.8, 4) is 11.5 Å². The molecule has 2 heterocycles. The number of aryl methyl sites for hydroxylation is 1. The smallest absolute Gasteiger partial charge is 0.257 e. The fraction of sp³-hybridized carbons (Fsp3) is 0.350. The number of nitrogens with one attached hydrogen (secondary N) is 2. The second kappa shape index (κ2) is 11.8. The summed E-state index contributed by atoms with van der Waals surface area (Å²) in [5.41, 5.74) is 2.19. The molecule has 1 aromatic carbocycles. The SMILES string of the molecule is CCc1noc(-c2ccc(CCNC(=NC)NCCc3cccs3)cc2)n1.I. The van der Waals surface area contributed by atoms with Crippen molar-refractivity contribution in [2.45, 2.75) is 26.2 Å². The van der Waals surface area contributed by atoms with E-state index in [9.17, 15) is 0 Å². The summed E-state index contributed by atoms with van der Waals surface area (Å²) in [6.45, 7) is 3.70. The van der Waals surface area contributed by atoms with Crippen molar-refractivity contribution >= 4 is 41.3 Å². The number of rotatable bonds is 8. The molecule has 0 radical (unpaired) electrons. The third-order valence-corrected chi connectivity index (χ3v) is 5.10. The topological polar surface area (TPSA) is 75.3 Å². The van der Waals surface area contributed by atoms with Crippen LogP contribution in [-0.4, -0.2) is 36.2 Å². The van der Waals surface area contributed by atoms with Gasteiger partial charge in [0.25, 0.3) is 5.89 Å². The minimum Gasteiger partial charge on any atom is -0.356 e. The molecular weight excluding hydrogens is 485 g/mol. The number of benzene rings is 1. The molecule has 0 atom stereocenters. The number of hydrogen-bond donors (Lipinski definition) is 2. The van der Waals surface area contributed by atoms with Gasteiger partial charge in [-0.15, -0.1) is 35.3 Å². The van der Waals surface area contributed by atoms with Crippen molar-refractivity contribution in [3.05, 3.63) is 58.0 Å². The average molecular weight is 511 g/mol. The zero-order valence-electron chi connectivity index (χ0n) is 16.1. The minimum atomic E-state index is 0. The van der Waals surface area contributed by atoms with Crippen LogP contribution in [0.3, 0.4) is 0 Å². The van der Waals surface area contributed by atoms with Gasteiger partial charge in [-0.25, -0.2) is 0 Å². The Kier molecular flexibility index (Phi) is 9.42. The number of aromatic nitrogens is 2. The maximum Gasteiger partial charge on any atom is 0.257 e. The second-order valence-electron chi connectivity index (χ2n) is 6.07. The van der Waals surface area contributed by atoms with Gasteiger partial charge in [0.15, 0.2) is 11.8 Å². The van der Waals surface area contributed by atoms with Crippen LogP contribution in [0.1, 0.15) is 23.2 Å². The highest BCUT2D eigenvalue weighted by Gasteiger charge is 2.07. The molecule has 2 N–H and O–H groups in total. The van der Waals surface area contributed by atoms with E-state index in [-0.39, 0.29) is 24.0 Å². The van der Waals surface area contributed by atoms with E-state index in [0.29, 0.717) is 5.89 Å². The summed E-state index contributed by atoms with van der Waals surface area (Å²) in [5.74, 6) is 2.14. The molecule has 2 aromatic heterocycles. The molecule has 0 aliphatic rings. The lowest BCUT2D eigenvalue weighted by molar-refractivity contribution is 0.423. The predicted molar refractivity (Wildman–Crippen MR) is 126 cm³/mol. The van der Waals surface area contributed by atoms with E-state index in [1.165, 1.54) is 10.4 Å². The molecule has 3 rings (SSSR count). The van der Waals surface area contributed by atoms with Crippen molar-refractivity contribution in [2.75, 3.05) is 20.1 Å². The Balaban J connectivity index is 0.00000280. The van der Waals surface area contributed by atoms with E-state index in [2.05, 4.69) is 55.4 Å². The van der Waals surface area contributed by atoms with Gasteiger partial charge in [-0.3, -0.25) is 4.99 Å². The van der Waals surface area contributed by atoms with E-state index >= 15 is 0 Å². The lowest BCUT2D eigenvalue weighted by Crippen LogP contribution is -2.39. The van der Waals surface area contributed by atoms with E-state index in [1.54, 1.807) is 18.4 Å². The van der Waals surface area contributed by atoms with Gasteiger partial charge in [-0.2, -0.15) is 4.98 Å².